The minimum absolute atomic E-state index is 0.212. The van der Waals surface area contributed by atoms with Crippen molar-refractivity contribution >= 4 is 0 Å². The van der Waals surface area contributed by atoms with Crippen LogP contribution in [0, 0.1) is 0 Å². The van der Waals surface area contributed by atoms with Crippen LogP contribution in [0.1, 0.15) is 17.5 Å². The second-order valence-electron chi connectivity index (χ2n) is 3.76. The SMILES string of the molecule is O=c1occcc1CCCc1ccccc1. The maximum Gasteiger partial charge on any atom is 0.338 e. The molecule has 1 aromatic carbocycles. The fourth-order valence-electron chi connectivity index (χ4n) is 1.71. The molecule has 0 atom stereocenters. The van der Waals surface area contributed by atoms with Crippen molar-refractivity contribution in [2.75, 3.05) is 0 Å². The number of benzene rings is 1. The molecule has 0 spiro atoms. The van der Waals surface area contributed by atoms with E-state index in [2.05, 4.69) is 12.1 Å². The second-order valence-corrected chi connectivity index (χ2v) is 3.76. The van der Waals surface area contributed by atoms with Gasteiger partial charge < -0.3 is 4.42 Å². The Labute approximate surface area is 94.5 Å². The minimum atomic E-state index is -0.212. The molecule has 16 heavy (non-hydrogen) atoms. The summed E-state index contributed by atoms with van der Waals surface area (Å²) in [5.41, 5.74) is 1.86. The molecular weight excluding hydrogens is 200 g/mol. The molecule has 0 amide bonds. The van der Waals surface area contributed by atoms with E-state index in [-0.39, 0.29) is 5.63 Å². The van der Waals surface area contributed by atoms with Crippen LogP contribution in [0.5, 0.6) is 0 Å². The van der Waals surface area contributed by atoms with Crippen LogP contribution in [-0.2, 0) is 12.8 Å². The van der Waals surface area contributed by atoms with Crippen molar-refractivity contribution in [3.05, 3.63) is 70.3 Å². The summed E-state index contributed by atoms with van der Waals surface area (Å²) in [5, 5.41) is 0. The summed E-state index contributed by atoms with van der Waals surface area (Å²) in [6.45, 7) is 0. The van der Waals surface area contributed by atoms with E-state index in [0.717, 1.165) is 24.8 Å². The lowest BCUT2D eigenvalue weighted by atomic mass is 10.1. The van der Waals surface area contributed by atoms with Crippen LogP contribution in [0.2, 0.25) is 0 Å². The number of rotatable bonds is 4. The fraction of sp³-hybridized carbons (Fsp3) is 0.214. The monoisotopic (exact) mass is 214 g/mol. The summed E-state index contributed by atoms with van der Waals surface area (Å²) in [4.78, 5) is 11.3. The summed E-state index contributed by atoms with van der Waals surface area (Å²) in [6.07, 6.45) is 4.16. The van der Waals surface area contributed by atoms with Gasteiger partial charge in [0.2, 0.25) is 0 Å². The largest absolute Gasteiger partial charge is 0.431 e. The molecule has 0 radical (unpaired) electrons. The van der Waals surface area contributed by atoms with E-state index in [9.17, 15) is 4.79 Å². The lowest BCUT2D eigenvalue weighted by molar-refractivity contribution is 0.500. The molecule has 0 aliphatic rings. The molecule has 0 aliphatic carbocycles. The molecular formula is C14H14O2. The number of hydrogen-bond acceptors (Lipinski definition) is 2. The Balaban J connectivity index is 1.90. The first kappa shape index (κ1) is 10.7. The summed E-state index contributed by atoms with van der Waals surface area (Å²) >= 11 is 0. The average molecular weight is 214 g/mol. The van der Waals surface area contributed by atoms with Gasteiger partial charge in [-0.1, -0.05) is 30.3 Å². The Morgan fingerprint density at radius 2 is 1.75 bits per heavy atom. The van der Waals surface area contributed by atoms with Crippen LogP contribution in [0.25, 0.3) is 0 Å². The van der Waals surface area contributed by atoms with E-state index >= 15 is 0 Å². The summed E-state index contributed by atoms with van der Waals surface area (Å²) in [6, 6.07) is 13.9. The Morgan fingerprint density at radius 3 is 2.50 bits per heavy atom. The summed E-state index contributed by atoms with van der Waals surface area (Å²) < 4.78 is 4.81. The van der Waals surface area contributed by atoms with E-state index in [1.54, 1.807) is 6.07 Å². The Bertz CT molecular complexity index is 485. The maximum atomic E-state index is 11.3. The number of hydrogen-bond donors (Lipinski definition) is 0. The molecule has 2 rings (SSSR count). The predicted molar refractivity (Wildman–Crippen MR) is 63.4 cm³/mol. The fourth-order valence-corrected chi connectivity index (χ4v) is 1.71. The van der Waals surface area contributed by atoms with E-state index in [0.29, 0.717) is 0 Å². The zero-order valence-corrected chi connectivity index (χ0v) is 9.06. The third-order valence-corrected chi connectivity index (χ3v) is 2.57. The molecule has 0 fully saturated rings. The van der Waals surface area contributed by atoms with Gasteiger partial charge in [0.05, 0.1) is 6.26 Å². The lowest BCUT2D eigenvalue weighted by Gasteiger charge is -2.00. The van der Waals surface area contributed by atoms with Gasteiger partial charge in [0.15, 0.2) is 0 Å². The minimum Gasteiger partial charge on any atom is -0.431 e. The van der Waals surface area contributed by atoms with Crippen molar-refractivity contribution < 1.29 is 4.42 Å². The molecule has 2 nitrogen and oxygen atoms in total. The second kappa shape index (κ2) is 5.31. The van der Waals surface area contributed by atoms with Crippen LogP contribution in [0.4, 0.5) is 0 Å². The van der Waals surface area contributed by atoms with Crippen LogP contribution in [0.3, 0.4) is 0 Å². The molecule has 2 heteroatoms. The van der Waals surface area contributed by atoms with Gasteiger partial charge in [-0.05, 0) is 37.0 Å². The van der Waals surface area contributed by atoms with Crippen molar-refractivity contribution in [2.45, 2.75) is 19.3 Å². The quantitative estimate of drug-likeness (QED) is 0.783. The van der Waals surface area contributed by atoms with Gasteiger partial charge in [-0.3, -0.25) is 0 Å². The van der Waals surface area contributed by atoms with Crippen LogP contribution in [-0.4, -0.2) is 0 Å². The van der Waals surface area contributed by atoms with Gasteiger partial charge in [0.25, 0.3) is 0 Å². The zero-order chi connectivity index (χ0) is 11.2. The first-order chi connectivity index (χ1) is 7.86. The molecule has 1 aromatic heterocycles. The van der Waals surface area contributed by atoms with Crippen molar-refractivity contribution in [1.82, 2.24) is 0 Å². The Morgan fingerprint density at radius 1 is 0.938 bits per heavy atom. The summed E-state index contributed by atoms with van der Waals surface area (Å²) in [5.74, 6) is 0. The lowest BCUT2D eigenvalue weighted by Crippen LogP contribution is -2.06. The Kier molecular flexibility index (Phi) is 3.54. The highest BCUT2D eigenvalue weighted by molar-refractivity contribution is 5.15. The third kappa shape index (κ3) is 2.83. The predicted octanol–water partition coefficient (Wildman–Crippen LogP) is 2.82. The molecule has 82 valence electrons. The number of aryl methyl sites for hydroxylation is 2. The van der Waals surface area contributed by atoms with Gasteiger partial charge in [-0.2, -0.15) is 0 Å². The molecule has 0 N–H and O–H groups in total. The molecule has 0 saturated heterocycles. The molecule has 0 saturated carbocycles. The molecule has 0 bridgehead atoms. The van der Waals surface area contributed by atoms with E-state index in [1.165, 1.54) is 11.8 Å². The molecule has 0 aliphatic heterocycles. The zero-order valence-electron chi connectivity index (χ0n) is 9.06. The highest BCUT2D eigenvalue weighted by Crippen LogP contribution is 2.05. The van der Waals surface area contributed by atoms with Crippen LogP contribution < -0.4 is 5.63 Å². The van der Waals surface area contributed by atoms with Crippen molar-refractivity contribution in [2.24, 2.45) is 0 Å². The molecule has 2 aromatic rings. The highest BCUT2D eigenvalue weighted by atomic mass is 16.4. The maximum absolute atomic E-state index is 11.3. The van der Waals surface area contributed by atoms with Crippen LogP contribution >= 0.6 is 0 Å². The summed E-state index contributed by atoms with van der Waals surface area (Å²) in [7, 11) is 0. The van der Waals surface area contributed by atoms with Crippen molar-refractivity contribution in [1.29, 1.82) is 0 Å². The first-order valence-electron chi connectivity index (χ1n) is 5.47. The van der Waals surface area contributed by atoms with Gasteiger partial charge in [0.1, 0.15) is 0 Å². The smallest absolute Gasteiger partial charge is 0.338 e. The highest BCUT2D eigenvalue weighted by Gasteiger charge is 1.99. The normalized spacial score (nSPS) is 10.2. The van der Waals surface area contributed by atoms with Gasteiger partial charge in [0, 0.05) is 5.56 Å². The van der Waals surface area contributed by atoms with E-state index < -0.39 is 0 Å². The van der Waals surface area contributed by atoms with Gasteiger partial charge in [-0.15, -0.1) is 0 Å². The van der Waals surface area contributed by atoms with Crippen LogP contribution in [0.15, 0.2) is 57.9 Å². The average Bonchev–Trinajstić information content (AvgIpc) is 2.33. The topological polar surface area (TPSA) is 30.2 Å². The van der Waals surface area contributed by atoms with E-state index in [1.807, 2.05) is 24.3 Å². The van der Waals surface area contributed by atoms with Crippen molar-refractivity contribution in [3.8, 4) is 0 Å². The molecule has 1 heterocycles. The third-order valence-electron chi connectivity index (χ3n) is 2.57. The van der Waals surface area contributed by atoms with Gasteiger partial charge in [-0.25, -0.2) is 4.79 Å². The standard InChI is InChI=1S/C14H14O2/c15-14-13(10-5-11-16-14)9-4-8-12-6-2-1-3-7-12/h1-3,5-7,10-11H,4,8-9H2. The van der Waals surface area contributed by atoms with Gasteiger partial charge >= 0.3 is 5.63 Å². The molecule has 0 unspecified atom stereocenters. The Hall–Kier alpha value is -1.83. The first-order valence-corrected chi connectivity index (χ1v) is 5.47. The van der Waals surface area contributed by atoms with Crippen molar-refractivity contribution in [3.63, 3.8) is 0 Å². The van der Waals surface area contributed by atoms with E-state index in [4.69, 9.17) is 4.42 Å².